The summed E-state index contributed by atoms with van der Waals surface area (Å²) in [5.41, 5.74) is -3.22. The standard InChI is InChI=1S/C30H37F3N2O7/c1-7-39-26(36)22-17(5)34-29(6)24(23(22)19-10-8-9-11-20(19)30(31,32)33)25(35-42-29)27(37)41-28(38)40-21-14-16(4)12-13-18(21)15(2)3/h8-11,15-16,18,21,23-24,34H,7,12-14H2,1-6H3/t16-,18+,21-,23+,24+,29-/m1/s1. The number of fused-ring (bicyclic) bond motifs is 1. The summed E-state index contributed by atoms with van der Waals surface area (Å²) in [6.45, 7) is 10.6. The van der Waals surface area contributed by atoms with Gasteiger partial charge in [-0.3, -0.25) is 0 Å². The van der Waals surface area contributed by atoms with Crippen molar-refractivity contribution in [2.75, 3.05) is 6.61 Å². The number of rotatable bonds is 6. The lowest BCUT2D eigenvalue weighted by molar-refractivity contribution is -0.142. The molecule has 1 fully saturated rings. The Morgan fingerprint density at radius 1 is 1.17 bits per heavy atom. The number of alkyl halides is 3. The van der Waals surface area contributed by atoms with Crippen LogP contribution in [0.2, 0.25) is 0 Å². The average molecular weight is 595 g/mol. The molecule has 6 atom stereocenters. The van der Waals surface area contributed by atoms with Gasteiger partial charge in [-0.15, -0.1) is 0 Å². The molecular formula is C30H37F3N2O7. The van der Waals surface area contributed by atoms with Gasteiger partial charge in [0.15, 0.2) is 5.71 Å². The Bertz CT molecular complexity index is 1290. The Morgan fingerprint density at radius 2 is 1.86 bits per heavy atom. The molecule has 0 spiro atoms. The van der Waals surface area contributed by atoms with Crippen LogP contribution in [0.5, 0.6) is 0 Å². The Morgan fingerprint density at radius 3 is 2.50 bits per heavy atom. The van der Waals surface area contributed by atoms with E-state index in [-0.39, 0.29) is 35.3 Å². The topological polar surface area (TPSA) is 113 Å². The number of carbonyl (C=O) groups excluding carboxylic acids is 3. The first-order valence-electron chi connectivity index (χ1n) is 14.2. The van der Waals surface area contributed by atoms with E-state index in [0.29, 0.717) is 12.3 Å². The smallest absolute Gasteiger partial charge is 0.463 e. The maximum absolute atomic E-state index is 14.2. The zero-order chi connectivity index (χ0) is 31.0. The third-order valence-corrected chi connectivity index (χ3v) is 8.40. The van der Waals surface area contributed by atoms with Gasteiger partial charge in [-0.25, -0.2) is 14.4 Å². The van der Waals surface area contributed by atoms with E-state index in [4.69, 9.17) is 19.0 Å². The minimum Gasteiger partial charge on any atom is -0.463 e. The Kier molecular flexibility index (Phi) is 8.94. The van der Waals surface area contributed by atoms with E-state index in [0.717, 1.165) is 18.9 Å². The molecule has 4 rings (SSSR count). The molecule has 9 nitrogen and oxygen atoms in total. The molecule has 1 aromatic carbocycles. The Hall–Kier alpha value is -3.57. The van der Waals surface area contributed by atoms with Crippen LogP contribution in [0.3, 0.4) is 0 Å². The number of carbonyl (C=O) groups is 3. The van der Waals surface area contributed by atoms with Crippen LogP contribution in [0.1, 0.15) is 77.8 Å². The lowest BCUT2D eigenvalue weighted by Gasteiger charge is -2.42. The molecule has 1 aliphatic carbocycles. The van der Waals surface area contributed by atoms with Crippen LogP contribution in [0.25, 0.3) is 0 Å². The first-order valence-corrected chi connectivity index (χ1v) is 14.2. The quantitative estimate of drug-likeness (QED) is 0.311. The van der Waals surface area contributed by atoms with Crippen LogP contribution in [0.15, 0.2) is 40.7 Å². The van der Waals surface area contributed by atoms with Crippen LogP contribution < -0.4 is 5.32 Å². The predicted octanol–water partition coefficient (Wildman–Crippen LogP) is 6.09. The van der Waals surface area contributed by atoms with E-state index in [2.05, 4.69) is 17.4 Å². The second-order valence-electron chi connectivity index (χ2n) is 11.7. The number of nitrogens with zero attached hydrogens (tertiary/aromatic N) is 1. The molecular weight excluding hydrogens is 557 g/mol. The van der Waals surface area contributed by atoms with Crippen LogP contribution in [-0.2, 0) is 34.8 Å². The van der Waals surface area contributed by atoms with Crippen molar-refractivity contribution in [2.45, 2.75) is 84.7 Å². The fourth-order valence-electron chi connectivity index (χ4n) is 6.47. The molecule has 0 radical (unpaired) electrons. The van der Waals surface area contributed by atoms with Gasteiger partial charge in [0.05, 0.1) is 23.7 Å². The fourth-order valence-corrected chi connectivity index (χ4v) is 6.47. The van der Waals surface area contributed by atoms with Crippen LogP contribution >= 0.6 is 0 Å². The van der Waals surface area contributed by atoms with Gasteiger partial charge in [-0.1, -0.05) is 50.5 Å². The number of esters is 2. The Balaban J connectivity index is 1.70. The van der Waals surface area contributed by atoms with Crippen molar-refractivity contribution < 1.29 is 46.6 Å². The molecule has 0 unspecified atom stereocenters. The van der Waals surface area contributed by atoms with Gasteiger partial charge in [0, 0.05) is 11.6 Å². The van der Waals surface area contributed by atoms with Gasteiger partial charge >= 0.3 is 24.3 Å². The summed E-state index contributed by atoms with van der Waals surface area (Å²) in [4.78, 5) is 45.0. The summed E-state index contributed by atoms with van der Waals surface area (Å²) < 4.78 is 58.5. The first kappa shape index (κ1) is 31.4. The molecule has 2 heterocycles. The van der Waals surface area contributed by atoms with Crippen molar-refractivity contribution in [3.05, 3.63) is 46.7 Å². The van der Waals surface area contributed by atoms with Crippen LogP contribution in [0.4, 0.5) is 18.0 Å². The summed E-state index contributed by atoms with van der Waals surface area (Å²) in [7, 11) is 0. The number of allylic oxidation sites excluding steroid dienone is 1. The molecule has 230 valence electrons. The van der Waals surface area contributed by atoms with Crippen molar-refractivity contribution in [3.63, 3.8) is 0 Å². The molecule has 42 heavy (non-hydrogen) atoms. The maximum atomic E-state index is 14.2. The lowest BCUT2D eigenvalue weighted by Crippen LogP contribution is -2.56. The van der Waals surface area contributed by atoms with E-state index >= 15 is 0 Å². The fraction of sp³-hybridized carbons (Fsp3) is 0.600. The Labute approximate surface area is 242 Å². The van der Waals surface area contributed by atoms with Gasteiger partial charge in [0.2, 0.25) is 5.72 Å². The third kappa shape index (κ3) is 6.12. The highest BCUT2D eigenvalue weighted by Gasteiger charge is 2.59. The first-order chi connectivity index (χ1) is 19.7. The van der Waals surface area contributed by atoms with Crippen molar-refractivity contribution in [2.24, 2.45) is 28.8 Å². The van der Waals surface area contributed by atoms with Crippen LogP contribution in [-0.4, -0.2) is 42.2 Å². The maximum Gasteiger partial charge on any atom is 0.516 e. The van der Waals surface area contributed by atoms with Crippen LogP contribution in [0, 0.1) is 23.7 Å². The minimum absolute atomic E-state index is 0.0341. The van der Waals surface area contributed by atoms with Crippen molar-refractivity contribution in [3.8, 4) is 0 Å². The van der Waals surface area contributed by atoms with Gasteiger partial charge in [-0.05, 0) is 63.0 Å². The normalized spacial score (nSPS) is 29.2. The van der Waals surface area contributed by atoms with Crippen molar-refractivity contribution in [1.29, 1.82) is 0 Å². The van der Waals surface area contributed by atoms with E-state index in [1.165, 1.54) is 32.0 Å². The highest BCUT2D eigenvalue weighted by atomic mass is 19.4. The molecule has 0 aromatic heterocycles. The average Bonchev–Trinajstić information content (AvgIpc) is 3.23. The van der Waals surface area contributed by atoms with E-state index in [9.17, 15) is 27.6 Å². The molecule has 1 aromatic rings. The SMILES string of the molecule is CCOC(=O)C1=C(C)N[C@]2(C)ON=C(C(=O)OC(=O)O[C@@H]3C[C@H](C)CC[C@H]3C(C)C)[C@@H]2[C@H]1c1ccccc1C(F)(F)F. The predicted molar refractivity (Wildman–Crippen MR) is 145 cm³/mol. The zero-order valence-corrected chi connectivity index (χ0v) is 24.5. The van der Waals surface area contributed by atoms with Gasteiger partial charge in [0.25, 0.3) is 0 Å². The van der Waals surface area contributed by atoms with E-state index in [1.807, 2.05) is 13.8 Å². The monoisotopic (exact) mass is 594 g/mol. The largest absolute Gasteiger partial charge is 0.516 e. The lowest BCUT2D eigenvalue weighted by atomic mass is 9.69. The number of hydrogen-bond acceptors (Lipinski definition) is 9. The van der Waals surface area contributed by atoms with Gasteiger partial charge in [-0.2, -0.15) is 13.2 Å². The summed E-state index contributed by atoms with van der Waals surface area (Å²) in [6.07, 6.45) is -3.99. The zero-order valence-electron chi connectivity index (χ0n) is 24.5. The van der Waals surface area contributed by atoms with Crippen molar-refractivity contribution in [1.82, 2.24) is 5.32 Å². The number of hydrogen-bond donors (Lipinski definition) is 1. The summed E-state index contributed by atoms with van der Waals surface area (Å²) in [5, 5.41) is 6.83. The summed E-state index contributed by atoms with van der Waals surface area (Å²) >= 11 is 0. The number of ether oxygens (including phenoxy) is 3. The molecule has 12 heteroatoms. The van der Waals surface area contributed by atoms with Gasteiger partial charge < -0.3 is 24.4 Å². The molecule has 2 aliphatic heterocycles. The highest BCUT2D eigenvalue weighted by Crippen LogP contribution is 2.50. The molecule has 1 saturated carbocycles. The summed E-state index contributed by atoms with van der Waals surface area (Å²) in [6, 6.07) is 4.76. The summed E-state index contributed by atoms with van der Waals surface area (Å²) in [5.74, 6) is -4.15. The number of nitrogens with one attached hydrogen (secondary N) is 1. The second-order valence-corrected chi connectivity index (χ2v) is 11.7. The van der Waals surface area contributed by atoms with E-state index < -0.39 is 59.2 Å². The third-order valence-electron chi connectivity index (χ3n) is 8.40. The number of halogens is 3. The molecule has 0 saturated heterocycles. The minimum atomic E-state index is -4.78. The molecule has 3 aliphatic rings. The van der Waals surface area contributed by atoms with Gasteiger partial charge in [0.1, 0.15) is 6.10 Å². The van der Waals surface area contributed by atoms with Crippen molar-refractivity contribution >= 4 is 23.8 Å². The number of oxime groups is 1. The highest BCUT2D eigenvalue weighted by molar-refractivity contribution is 6.39. The number of benzene rings is 1. The van der Waals surface area contributed by atoms with E-state index in [1.54, 1.807) is 6.92 Å². The molecule has 0 amide bonds. The second kappa shape index (κ2) is 12.0. The molecule has 0 bridgehead atoms. The molecule has 1 N–H and O–H groups in total.